The van der Waals surface area contributed by atoms with Gasteiger partial charge in [-0.15, -0.1) is 0 Å². The van der Waals surface area contributed by atoms with Gasteiger partial charge in [-0.3, -0.25) is 0 Å². The summed E-state index contributed by atoms with van der Waals surface area (Å²) in [6.07, 6.45) is 0. The van der Waals surface area contributed by atoms with Crippen LogP contribution in [-0.2, 0) is 6.54 Å². The average molecular weight is 245 g/mol. The van der Waals surface area contributed by atoms with E-state index >= 15 is 0 Å². The molecule has 0 heterocycles. The zero-order chi connectivity index (χ0) is 13.1. The summed E-state index contributed by atoms with van der Waals surface area (Å²) in [6.45, 7) is 4.17. The first kappa shape index (κ1) is 12.6. The van der Waals surface area contributed by atoms with Gasteiger partial charge in [0.2, 0.25) is 0 Å². The molecule has 0 radical (unpaired) electrons. The standard InChI is InChI=1S/C15H16FNO/c1-10-3-5-13(8-14(10)16)18-15-6-4-12(9-17)7-11(15)2/h3-8H,9,17H2,1-2H3. The molecule has 94 valence electrons. The van der Waals surface area contributed by atoms with Crippen LogP contribution in [0.4, 0.5) is 4.39 Å². The normalized spacial score (nSPS) is 10.4. The Bertz CT molecular complexity index is 566. The number of halogens is 1. The van der Waals surface area contributed by atoms with E-state index < -0.39 is 0 Å². The largest absolute Gasteiger partial charge is 0.457 e. The Hall–Kier alpha value is -1.87. The van der Waals surface area contributed by atoms with Crippen molar-refractivity contribution in [2.24, 2.45) is 5.73 Å². The molecular weight excluding hydrogens is 229 g/mol. The van der Waals surface area contributed by atoms with Crippen molar-refractivity contribution in [1.82, 2.24) is 0 Å². The number of ether oxygens (including phenoxy) is 1. The SMILES string of the molecule is Cc1ccc(Oc2ccc(CN)cc2C)cc1F. The monoisotopic (exact) mass is 245 g/mol. The molecule has 0 aliphatic heterocycles. The lowest BCUT2D eigenvalue weighted by Gasteiger charge is -2.10. The van der Waals surface area contributed by atoms with Crippen molar-refractivity contribution in [1.29, 1.82) is 0 Å². The lowest BCUT2D eigenvalue weighted by Crippen LogP contribution is -1.97. The van der Waals surface area contributed by atoms with E-state index in [9.17, 15) is 4.39 Å². The number of nitrogens with two attached hydrogens (primary N) is 1. The Balaban J connectivity index is 2.25. The molecule has 0 bridgehead atoms. The summed E-state index contributed by atoms with van der Waals surface area (Å²) < 4.78 is 19.1. The van der Waals surface area contributed by atoms with Gasteiger partial charge in [0, 0.05) is 12.6 Å². The highest BCUT2D eigenvalue weighted by Gasteiger charge is 2.04. The van der Waals surface area contributed by atoms with Gasteiger partial charge < -0.3 is 10.5 Å². The molecule has 0 aliphatic carbocycles. The first-order valence-corrected chi connectivity index (χ1v) is 5.84. The topological polar surface area (TPSA) is 35.2 Å². The Morgan fingerprint density at radius 1 is 1.06 bits per heavy atom. The van der Waals surface area contributed by atoms with Crippen LogP contribution in [0.2, 0.25) is 0 Å². The summed E-state index contributed by atoms with van der Waals surface area (Å²) in [4.78, 5) is 0. The smallest absolute Gasteiger partial charge is 0.130 e. The van der Waals surface area contributed by atoms with Gasteiger partial charge in [0.05, 0.1) is 0 Å². The molecule has 2 N–H and O–H groups in total. The lowest BCUT2D eigenvalue weighted by atomic mass is 10.1. The van der Waals surface area contributed by atoms with Crippen molar-refractivity contribution in [2.45, 2.75) is 20.4 Å². The molecule has 0 unspecified atom stereocenters. The molecule has 2 aromatic carbocycles. The second kappa shape index (κ2) is 5.19. The molecule has 2 rings (SSSR count). The molecule has 3 heteroatoms. The first-order chi connectivity index (χ1) is 8.60. The zero-order valence-electron chi connectivity index (χ0n) is 10.5. The number of benzene rings is 2. The molecule has 0 saturated heterocycles. The first-order valence-electron chi connectivity index (χ1n) is 5.84. The highest BCUT2D eigenvalue weighted by molar-refractivity contribution is 5.40. The summed E-state index contributed by atoms with van der Waals surface area (Å²) in [5.41, 5.74) is 8.21. The molecule has 2 aromatic rings. The van der Waals surface area contributed by atoms with Crippen LogP contribution in [0.3, 0.4) is 0 Å². The minimum atomic E-state index is -0.260. The minimum absolute atomic E-state index is 0.260. The van der Waals surface area contributed by atoms with Crippen molar-refractivity contribution in [3.05, 3.63) is 58.9 Å². The number of hydrogen-bond donors (Lipinski definition) is 1. The van der Waals surface area contributed by atoms with Crippen molar-refractivity contribution in [3.63, 3.8) is 0 Å². The molecule has 2 nitrogen and oxygen atoms in total. The highest BCUT2D eigenvalue weighted by Crippen LogP contribution is 2.26. The fraction of sp³-hybridized carbons (Fsp3) is 0.200. The maximum Gasteiger partial charge on any atom is 0.130 e. The van der Waals surface area contributed by atoms with Gasteiger partial charge in [0.1, 0.15) is 17.3 Å². The third kappa shape index (κ3) is 2.68. The van der Waals surface area contributed by atoms with E-state index in [1.165, 1.54) is 6.07 Å². The molecule has 0 amide bonds. The van der Waals surface area contributed by atoms with Gasteiger partial charge in [-0.2, -0.15) is 0 Å². The van der Waals surface area contributed by atoms with Crippen LogP contribution < -0.4 is 10.5 Å². The van der Waals surface area contributed by atoms with Crippen LogP contribution in [0, 0.1) is 19.7 Å². The maximum absolute atomic E-state index is 13.4. The third-order valence-electron chi connectivity index (χ3n) is 2.85. The van der Waals surface area contributed by atoms with Crippen LogP contribution in [0.1, 0.15) is 16.7 Å². The van der Waals surface area contributed by atoms with Crippen molar-refractivity contribution in [3.8, 4) is 11.5 Å². The summed E-state index contributed by atoms with van der Waals surface area (Å²) in [5, 5.41) is 0. The third-order valence-corrected chi connectivity index (χ3v) is 2.85. The second-order valence-electron chi connectivity index (χ2n) is 4.32. The van der Waals surface area contributed by atoms with E-state index in [1.807, 2.05) is 25.1 Å². The molecule has 0 aliphatic rings. The fourth-order valence-electron chi connectivity index (χ4n) is 1.72. The molecular formula is C15H16FNO. The predicted octanol–water partition coefficient (Wildman–Crippen LogP) is 3.69. The fourth-order valence-corrected chi connectivity index (χ4v) is 1.72. The summed E-state index contributed by atoms with van der Waals surface area (Å²) >= 11 is 0. The quantitative estimate of drug-likeness (QED) is 0.895. The number of aryl methyl sites for hydroxylation is 2. The minimum Gasteiger partial charge on any atom is -0.457 e. The Morgan fingerprint density at radius 2 is 1.83 bits per heavy atom. The van der Waals surface area contributed by atoms with Gasteiger partial charge in [-0.1, -0.05) is 18.2 Å². The highest BCUT2D eigenvalue weighted by atomic mass is 19.1. The molecule has 0 saturated carbocycles. The van der Waals surface area contributed by atoms with E-state index in [-0.39, 0.29) is 5.82 Å². The van der Waals surface area contributed by atoms with Crippen LogP contribution in [0.5, 0.6) is 11.5 Å². The van der Waals surface area contributed by atoms with Crippen LogP contribution in [-0.4, -0.2) is 0 Å². The average Bonchev–Trinajstić information content (AvgIpc) is 2.36. The van der Waals surface area contributed by atoms with Crippen LogP contribution in [0.25, 0.3) is 0 Å². The van der Waals surface area contributed by atoms with Crippen molar-refractivity contribution in [2.75, 3.05) is 0 Å². The van der Waals surface area contributed by atoms with E-state index in [0.29, 0.717) is 17.9 Å². The second-order valence-corrected chi connectivity index (χ2v) is 4.32. The lowest BCUT2D eigenvalue weighted by molar-refractivity contribution is 0.472. The molecule has 0 fully saturated rings. The Labute approximate surface area is 106 Å². The zero-order valence-corrected chi connectivity index (χ0v) is 10.5. The summed E-state index contributed by atoms with van der Waals surface area (Å²) in [6, 6.07) is 10.6. The van der Waals surface area contributed by atoms with Crippen LogP contribution >= 0.6 is 0 Å². The molecule has 0 spiro atoms. The van der Waals surface area contributed by atoms with E-state index in [4.69, 9.17) is 10.5 Å². The van der Waals surface area contributed by atoms with Gasteiger partial charge in [0.25, 0.3) is 0 Å². The van der Waals surface area contributed by atoms with Gasteiger partial charge in [-0.05, 0) is 42.7 Å². The molecule has 18 heavy (non-hydrogen) atoms. The Kier molecular flexibility index (Phi) is 3.63. The molecule has 0 aromatic heterocycles. The predicted molar refractivity (Wildman–Crippen MR) is 70.3 cm³/mol. The summed E-state index contributed by atoms with van der Waals surface area (Å²) in [5.74, 6) is 0.959. The van der Waals surface area contributed by atoms with E-state index in [2.05, 4.69) is 0 Å². The number of hydrogen-bond acceptors (Lipinski definition) is 2. The van der Waals surface area contributed by atoms with Gasteiger partial charge in [-0.25, -0.2) is 4.39 Å². The van der Waals surface area contributed by atoms with Crippen molar-refractivity contribution < 1.29 is 9.13 Å². The van der Waals surface area contributed by atoms with Crippen molar-refractivity contribution >= 4 is 0 Å². The summed E-state index contributed by atoms with van der Waals surface area (Å²) in [7, 11) is 0. The van der Waals surface area contributed by atoms with Gasteiger partial charge in [0.15, 0.2) is 0 Å². The van der Waals surface area contributed by atoms with Crippen LogP contribution in [0.15, 0.2) is 36.4 Å². The maximum atomic E-state index is 13.4. The van der Waals surface area contributed by atoms with E-state index in [0.717, 1.165) is 16.9 Å². The molecule has 0 atom stereocenters. The Morgan fingerprint density at radius 3 is 2.44 bits per heavy atom. The van der Waals surface area contributed by atoms with Gasteiger partial charge >= 0.3 is 0 Å². The van der Waals surface area contributed by atoms with E-state index in [1.54, 1.807) is 19.1 Å². The number of rotatable bonds is 3.